The quantitative estimate of drug-likeness (QED) is 0.770. The summed E-state index contributed by atoms with van der Waals surface area (Å²) in [5, 5.41) is 0. The van der Waals surface area contributed by atoms with Crippen LogP contribution in [0.15, 0.2) is 6.33 Å². The Kier molecular flexibility index (Phi) is 2.42. The first kappa shape index (κ1) is 9.87. The minimum atomic E-state index is 0.186. The van der Waals surface area contributed by atoms with E-state index in [9.17, 15) is 4.79 Å². The molecule has 1 amide bonds. The number of aromatic amines is 1. The number of carbonyl (C=O) groups is 1. The zero-order valence-electron chi connectivity index (χ0n) is 9.41. The molecule has 0 bridgehead atoms. The number of imidazole rings is 1. The third-order valence-corrected chi connectivity index (χ3v) is 3.75. The molecule has 1 fully saturated rings. The average Bonchev–Trinajstić information content (AvgIpc) is 2.98. The van der Waals surface area contributed by atoms with Crippen LogP contribution in [0.5, 0.6) is 0 Å². The van der Waals surface area contributed by atoms with Crippen molar-refractivity contribution in [3.8, 4) is 0 Å². The zero-order chi connectivity index (χ0) is 11.0. The van der Waals surface area contributed by atoms with Crippen molar-refractivity contribution in [1.29, 1.82) is 0 Å². The molecule has 0 radical (unpaired) electrons. The van der Waals surface area contributed by atoms with Crippen LogP contribution in [0, 0.1) is 5.92 Å². The fourth-order valence-electron chi connectivity index (χ4n) is 2.81. The van der Waals surface area contributed by atoms with Crippen LogP contribution >= 0.6 is 0 Å². The van der Waals surface area contributed by atoms with Gasteiger partial charge in [0.15, 0.2) is 0 Å². The maximum atomic E-state index is 12.2. The number of fused-ring (bicyclic) bond motifs is 1. The van der Waals surface area contributed by atoms with Crippen LogP contribution in [0.2, 0.25) is 0 Å². The normalized spacial score (nSPS) is 24.5. The first-order valence-corrected chi connectivity index (χ1v) is 6.14. The summed E-state index contributed by atoms with van der Waals surface area (Å²) in [5.74, 6) is 0.545. The van der Waals surface area contributed by atoms with E-state index in [2.05, 4.69) is 9.97 Å². The molecule has 0 saturated carbocycles. The molecule has 16 heavy (non-hydrogen) atoms. The van der Waals surface area contributed by atoms with Crippen molar-refractivity contribution in [2.75, 3.05) is 13.1 Å². The molecule has 1 N–H and O–H groups in total. The number of amides is 1. The lowest BCUT2D eigenvalue weighted by Crippen LogP contribution is -2.36. The van der Waals surface area contributed by atoms with Crippen molar-refractivity contribution >= 4 is 5.91 Å². The standard InChI is InChI=1S/C12H17N3O/c16-12(15-5-1-2-6-15)9-3-4-10-11(7-9)14-8-13-10/h8-9H,1-7H2,(H,13,14)/t9-/m0/s1. The number of carbonyl (C=O) groups excluding carboxylic acids is 1. The lowest BCUT2D eigenvalue weighted by molar-refractivity contribution is -0.134. The van der Waals surface area contributed by atoms with Crippen molar-refractivity contribution in [3.05, 3.63) is 17.7 Å². The van der Waals surface area contributed by atoms with E-state index >= 15 is 0 Å². The minimum Gasteiger partial charge on any atom is -0.348 e. The van der Waals surface area contributed by atoms with Gasteiger partial charge < -0.3 is 9.88 Å². The number of rotatable bonds is 1. The molecule has 0 unspecified atom stereocenters. The van der Waals surface area contributed by atoms with E-state index in [0.717, 1.165) is 38.0 Å². The van der Waals surface area contributed by atoms with Gasteiger partial charge in [-0.3, -0.25) is 4.79 Å². The molecule has 0 spiro atoms. The highest BCUT2D eigenvalue weighted by Gasteiger charge is 2.30. The predicted octanol–water partition coefficient (Wildman–Crippen LogP) is 1.14. The van der Waals surface area contributed by atoms with E-state index in [1.54, 1.807) is 6.33 Å². The molecule has 1 aliphatic carbocycles. The molecule has 2 aliphatic rings. The topological polar surface area (TPSA) is 49.0 Å². The van der Waals surface area contributed by atoms with E-state index < -0.39 is 0 Å². The number of hydrogen-bond acceptors (Lipinski definition) is 2. The number of nitrogens with zero attached hydrogens (tertiary/aromatic N) is 2. The van der Waals surface area contributed by atoms with Crippen molar-refractivity contribution in [1.82, 2.24) is 14.9 Å². The molecule has 86 valence electrons. The summed E-state index contributed by atoms with van der Waals surface area (Å²) >= 11 is 0. The predicted molar refractivity (Wildman–Crippen MR) is 59.9 cm³/mol. The van der Waals surface area contributed by atoms with Crippen LogP contribution in [-0.2, 0) is 17.6 Å². The Balaban J connectivity index is 1.71. The highest BCUT2D eigenvalue weighted by atomic mass is 16.2. The van der Waals surface area contributed by atoms with Crippen molar-refractivity contribution in [3.63, 3.8) is 0 Å². The van der Waals surface area contributed by atoms with Gasteiger partial charge in [-0.1, -0.05) is 0 Å². The summed E-state index contributed by atoms with van der Waals surface area (Å²) in [4.78, 5) is 21.7. The van der Waals surface area contributed by atoms with Gasteiger partial charge in [0.1, 0.15) is 0 Å². The third kappa shape index (κ3) is 1.62. The first-order chi connectivity index (χ1) is 7.84. The molecule has 4 heteroatoms. The van der Waals surface area contributed by atoms with Gasteiger partial charge in [-0.05, 0) is 25.7 Å². The van der Waals surface area contributed by atoms with E-state index in [-0.39, 0.29) is 5.92 Å². The average molecular weight is 219 g/mol. The van der Waals surface area contributed by atoms with Gasteiger partial charge in [0.25, 0.3) is 0 Å². The van der Waals surface area contributed by atoms with Gasteiger partial charge in [0.05, 0.1) is 12.0 Å². The first-order valence-electron chi connectivity index (χ1n) is 6.14. The molecule has 1 aromatic heterocycles. The molecule has 1 aliphatic heterocycles. The second kappa shape index (κ2) is 3.92. The number of likely N-dealkylation sites (tertiary alicyclic amines) is 1. The number of nitrogens with one attached hydrogen (secondary N) is 1. The lowest BCUT2D eigenvalue weighted by atomic mass is 9.89. The van der Waals surface area contributed by atoms with E-state index in [1.165, 1.54) is 18.5 Å². The largest absolute Gasteiger partial charge is 0.348 e. The molecule has 1 saturated heterocycles. The second-order valence-corrected chi connectivity index (χ2v) is 4.80. The van der Waals surface area contributed by atoms with Gasteiger partial charge in [0, 0.05) is 31.1 Å². The third-order valence-electron chi connectivity index (χ3n) is 3.75. The second-order valence-electron chi connectivity index (χ2n) is 4.80. The molecular formula is C12H17N3O. The maximum Gasteiger partial charge on any atom is 0.226 e. The number of hydrogen-bond donors (Lipinski definition) is 1. The zero-order valence-corrected chi connectivity index (χ0v) is 9.41. The monoisotopic (exact) mass is 219 g/mol. The smallest absolute Gasteiger partial charge is 0.226 e. The number of aryl methyl sites for hydroxylation is 1. The van der Waals surface area contributed by atoms with Crippen LogP contribution in [0.4, 0.5) is 0 Å². The van der Waals surface area contributed by atoms with Crippen molar-refractivity contribution in [2.45, 2.75) is 32.1 Å². The van der Waals surface area contributed by atoms with Crippen LogP contribution in [0.25, 0.3) is 0 Å². The van der Waals surface area contributed by atoms with Gasteiger partial charge in [0.2, 0.25) is 5.91 Å². The Bertz CT molecular complexity index is 393. The summed E-state index contributed by atoms with van der Waals surface area (Å²) in [6.07, 6.45) is 6.86. The van der Waals surface area contributed by atoms with E-state index in [4.69, 9.17) is 0 Å². The van der Waals surface area contributed by atoms with Crippen LogP contribution < -0.4 is 0 Å². The fourth-order valence-corrected chi connectivity index (χ4v) is 2.81. The Morgan fingerprint density at radius 2 is 2.25 bits per heavy atom. The molecule has 2 heterocycles. The van der Waals surface area contributed by atoms with Gasteiger partial charge in [-0.2, -0.15) is 0 Å². The van der Waals surface area contributed by atoms with Gasteiger partial charge in [-0.25, -0.2) is 4.98 Å². The Morgan fingerprint density at radius 1 is 1.44 bits per heavy atom. The van der Waals surface area contributed by atoms with Crippen LogP contribution in [0.1, 0.15) is 30.7 Å². The van der Waals surface area contributed by atoms with Crippen LogP contribution in [0.3, 0.4) is 0 Å². The van der Waals surface area contributed by atoms with Crippen LogP contribution in [-0.4, -0.2) is 33.9 Å². The Morgan fingerprint density at radius 3 is 3.06 bits per heavy atom. The summed E-state index contributed by atoms with van der Waals surface area (Å²) < 4.78 is 0. The molecule has 4 nitrogen and oxygen atoms in total. The summed E-state index contributed by atoms with van der Waals surface area (Å²) in [6.45, 7) is 1.93. The molecule has 0 aromatic carbocycles. The summed E-state index contributed by atoms with van der Waals surface area (Å²) in [5.41, 5.74) is 2.33. The maximum absolute atomic E-state index is 12.2. The highest BCUT2D eigenvalue weighted by molar-refractivity contribution is 5.79. The molecule has 1 aromatic rings. The number of aromatic nitrogens is 2. The lowest BCUT2D eigenvalue weighted by Gasteiger charge is -2.25. The van der Waals surface area contributed by atoms with Crippen molar-refractivity contribution in [2.24, 2.45) is 5.92 Å². The Labute approximate surface area is 95.1 Å². The summed E-state index contributed by atoms with van der Waals surface area (Å²) in [7, 11) is 0. The minimum absolute atomic E-state index is 0.186. The van der Waals surface area contributed by atoms with E-state index in [1.807, 2.05) is 4.90 Å². The van der Waals surface area contributed by atoms with Crippen molar-refractivity contribution < 1.29 is 4.79 Å². The van der Waals surface area contributed by atoms with Gasteiger partial charge >= 0.3 is 0 Å². The summed E-state index contributed by atoms with van der Waals surface area (Å²) in [6, 6.07) is 0. The molecule has 3 rings (SSSR count). The van der Waals surface area contributed by atoms with E-state index in [0.29, 0.717) is 5.91 Å². The molecule has 1 atom stereocenters. The molecular weight excluding hydrogens is 202 g/mol. The SMILES string of the molecule is O=C([C@H]1CCc2nc[nH]c2C1)N1CCCC1. The van der Waals surface area contributed by atoms with Gasteiger partial charge in [-0.15, -0.1) is 0 Å². The fraction of sp³-hybridized carbons (Fsp3) is 0.667. The highest BCUT2D eigenvalue weighted by Crippen LogP contribution is 2.25. The Hall–Kier alpha value is -1.32. The number of H-pyrrole nitrogens is 1.